The van der Waals surface area contributed by atoms with Gasteiger partial charge in [0, 0.05) is 29.4 Å². The molecule has 1 saturated heterocycles. The molecule has 3 amide bonds. The first-order valence-corrected chi connectivity index (χ1v) is 13.3. The van der Waals surface area contributed by atoms with Crippen LogP contribution in [-0.2, 0) is 22.1 Å². The van der Waals surface area contributed by atoms with Gasteiger partial charge in [0.25, 0.3) is 0 Å². The van der Waals surface area contributed by atoms with Crippen LogP contribution in [0, 0.1) is 0 Å². The molecule has 0 spiro atoms. The van der Waals surface area contributed by atoms with E-state index in [1.807, 2.05) is 30.3 Å². The molecule has 216 valence electrons. The van der Waals surface area contributed by atoms with E-state index in [4.69, 9.17) is 9.47 Å². The molecule has 2 aliphatic rings. The monoisotopic (exact) mass is 569 g/mol. The van der Waals surface area contributed by atoms with E-state index in [-0.39, 0.29) is 30.5 Å². The van der Waals surface area contributed by atoms with Gasteiger partial charge < -0.3 is 30.5 Å². The summed E-state index contributed by atoms with van der Waals surface area (Å²) in [4.78, 5) is 25.2. The van der Waals surface area contributed by atoms with Gasteiger partial charge in [-0.25, -0.2) is 4.79 Å². The number of nitrogens with one attached hydrogen (secondary N) is 3. The van der Waals surface area contributed by atoms with Crippen molar-refractivity contribution in [2.45, 2.75) is 49.7 Å². The van der Waals surface area contributed by atoms with Gasteiger partial charge in [-0.2, -0.15) is 13.2 Å². The molecule has 5 rings (SSSR count). The smallest absolute Gasteiger partial charge is 0.416 e. The number of hydrogen-bond donors (Lipinski definition) is 4. The number of rotatable bonds is 8. The molecule has 0 saturated carbocycles. The lowest BCUT2D eigenvalue weighted by molar-refractivity contribution is -0.142. The quantitative estimate of drug-likeness (QED) is 0.302. The van der Waals surface area contributed by atoms with E-state index in [0.717, 1.165) is 23.3 Å². The fourth-order valence-corrected chi connectivity index (χ4v) is 5.27. The van der Waals surface area contributed by atoms with Crippen molar-refractivity contribution < 1.29 is 37.3 Å². The van der Waals surface area contributed by atoms with E-state index in [0.29, 0.717) is 30.8 Å². The normalized spacial score (nSPS) is 21.3. The number of alkyl halides is 3. The average Bonchev–Trinajstić information content (AvgIpc) is 3.31. The molecule has 2 aliphatic heterocycles. The Morgan fingerprint density at radius 2 is 1.66 bits per heavy atom. The minimum Gasteiger partial charge on any atom is -0.487 e. The molecular weight excluding hydrogens is 539 g/mol. The maximum Gasteiger partial charge on any atom is 0.416 e. The third kappa shape index (κ3) is 6.98. The largest absolute Gasteiger partial charge is 0.487 e. The van der Waals surface area contributed by atoms with Gasteiger partial charge in [0.15, 0.2) is 0 Å². The van der Waals surface area contributed by atoms with Crippen LogP contribution < -0.4 is 20.7 Å². The number of hydrogen-bond acceptors (Lipinski definition) is 5. The summed E-state index contributed by atoms with van der Waals surface area (Å²) in [7, 11) is 0. The van der Waals surface area contributed by atoms with Crippen LogP contribution >= 0.6 is 0 Å². The third-order valence-corrected chi connectivity index (χ3v) is 7.22. The maximum absolute atomic E-state index is 12.8. The van der Waals surface area contributed by atoms with E-state index in [9.17, 15) is 27.9 Å². The highest BCUT2D eigenvalue weighted by atomic mass is 19.4. The predicted molar refractivity (Wildman–Crippen MR) is 146 cm³/mol. The fourth-order valence-electron chi connectivity index (χ4n) is 5.27. The lowest BCUT2D eigenvalue weighted by Gasteiger charge is -2.37. The number of urea groups is 1. The minimum absolute atomic E-state index is 0.136. The molecule has 0 unspecified atom stereocenters. The number of carbonyl (C=O) groups excluding carboxylic acids is 2. The van der Waals surface area contributed by atoms with E-state index in [1.54, 1.807) is 18.2 Å². The Hall–Kier alpha value is -4.09. The summed E-state index contributed by atoms with van der Waals surface area (Å²) in [5.74, 6) is 0.289. The number of carbonyl (C=O) groups is 2. The molecule has 2 heterocycles. The van der Waals surface area contributed by atoms with E-state index in [2.05, 4.69) is 16.0 Å². The summed E-state index contributed by atoms with van der Waals surface area (Å²) in [5, 5.41) is 18.1. The van der Waals surface area contributed by atoms with Crippen molar-refractivity contribution in [1.29, 1.82) is 0 Å². The molecule has 4 atom stereocenters. The Morgan fingerprint density at radius 3 is 2.37 bits per heavy atom. The summed E-state index contributed by atoms with van der Waals surface area (Å²) in [6.07, 6.45) is -4.62. The van der Waals surface area contributed by atoms with Crippen LogP contribution in [0.4, 0.5) is 29.3 Å². The summed E-state index contributed by atoms with van der Waals surface area (Å²) >= 11 is 0. The Balaban J connectivity index is 1.19. The van der Waals surface area contributed by atoms with Gasteiger partial charge in [0.2, 0.25) is 5.91 Å². The fraction of sp³-hybridized carbons (Fsp3) is 0.333. The number of amides is 3. The van der Waals surface area contributed by atoms with Crippen LogP contribution in [-0.4, -0.2) is 48.5 Å². The van der Waals surface area contributed by atoms with Crippen LogP contribution in [0.15, 0.2) is 72.8 Å². The molecular formula is C30H30F3N3O5. The lowest BCUT2D eigenvalue weighted by atomic mass is 9.84. The van der Waals surface area contributed by atoms with Crippen molar-refractivity contribution in [3.8, 4) is 5.75 Å². The standard InChI is InChI=1S/C30H30F3N3O5/c31-30(32,33)19-6-8-20(9-7-19)35-29(39)36-21-10-11-25-23(14-21)24-15-22(40-26(17-37)28(24)41-25)16-27(38)34-13-12-18-4-2-1-3-5-18/h1-11,14,22,24,26,28,37H,12-13,15-17H2,(H,34,38)(H2,35,36,39)/t22-,24-,26+,28+/m0/s1. The summed E-state index contributed by atoms with van der Waals surface area (Å²) in [6, 6.07) is 18.5. The summed E-state index contributed by atoms with van der Waals surface area (Å²) in [6.45, 7) is 0.225. The molecule has 3 aromatic rings. The molecule has 0 radical (unpaired) electrons. The van der Waals surface area contributed by atoms with Crippen LogP contribution in [0.3, 0.4) is 0 Å². The summed E-state index contributed by atoms with van der Waals surface area (Å²) < 4.78 is 50.5. The number of anilines is 2. The van der Waals surface area contributed by atoms with E-state index >= 15 is 0 Å². The van der Waals surface area contributed by atoms with Crippen LogP contribution in [0.5, 0.6) is 5.75 Å². The molecule has 11 heteroatoms. The Bertz CT molecular complexity index is 1370. The number of benzene rings is 3. The molecule has 1 fully saturated rings. The first kappa shape index (κ1) is 28.4. The van der Waals surface area contributed by atoms with Crippen molar-refractivity contribution in [3.05, 3.63) is 89.5 Å². The van der Waals surface area contributed by atoms with E-state index in [1.165, 1.54) is 12.1 Å². The van der Waals surface area contributed by atoms with Crippen LogP contribution in [0.25, 0.3) is 0 Å². The zero-order chi connectivity index (χ0) is 29.0. The van der Waals surface area contributed by atoms with Crippen molar-refractivity contribution >= 4 is 23.3 Å². The Morgan fingerprint density at radius 1 is 0.951 bits per heavy atom. The van der Waals surface area contributed by atoms with Gasteiger partial charge in [-0.3, -0.25) is 4.79 Å². The van der Waals surface area contributed by atoms with Gasteiger partial charge in [-0.1, -0.05) is 30.3 Å². The molecule has 41 heavy (non-hydrogen) atoms. The minimum atomic E-state index is -4.46. The number of aliphatic hydroxyl groups excluding tert-OH is 1. The highest BCUT2D eigenvalue weighted by Gasteiger charge is 2.46. The van der Waals surface area contributed by atoms with Crippen LogP contribution in [0.1, 0.15) is 35.4 Å². The lowest BCUT2D eigenvalue weighted by Crippen LogP contribution is -2.47. The molecule has 0 bridgehead atoms. The zero-order valence-corrected chi connectivity index (χ0v) is 22.0. The second-order valence-corrected chi connectivity index (χ2v) is 10.1. The first-order chi connectivity index (χ1) is 19.7. The second-order valence-electron chi connectivity index (χ2n) is 10.1. The highest BCUT2D eigenvalue weighted by molar-refractivity contribution is 5.99. The van der Waals surface area contributed by atoms with Crippen LogP contribution in [0.2, 0.25) is 0 Å². The SMILES string of the molecule is O=C(C[C@@H]1C[C@H]2c3cc(NC(=O)Nc4ccc(C(F)(F)F)cc4)ccc3O[C@H]2[C@@H](CO)O1)NCCc1ccccc1. The number of ether oxygens (including phenoxy) is 2. The third-order valence-electron chi connectivity index (χ3n) is 7.22. The molecule has 0 aromatic heterocycles. The van der Waals surface area contributed by atoms with Gasteiger partial charge in [0.05, 0.1) is 24.7 Å². The van der Waals surface area contributed by atoms with Gasteiger partial charge in [-0.05, 0) is 60.9 Å². The van der Waals surface area contributed by atoms with Gasteiger partial charge >= 0.3 is 12.2 Å². The Kier molecular flexibility index (Phi) is 8.46. The van der Waals surface area contributed by atoms with Gasteiger partial charge in [0.1, 0.15) is 18.0 Å². The molecule has 3 aromatic carbocycles. The van der Waals surface area contributed by atoms with Crippen molar-refractivity contribution in [3.63, 3.8) is 0 Å². The van der Waals surface area contributed by atoms with Gasteiger partial charge in [-0.15, -0.1) is 0 Å². The number of fused-ring (bicyclic) bond motifs is 3. The van der Waals surface area contributed by atoms with Crippen molar-refractivity contribution in [2.75, 3.05) is 23.8 Å². The second kappa shape index (κ2) is 12.2. The number of aliphatic hydroxyl groups is 1. The molecule has 4 N–H and O–H groups in total. The van der Waals surface area contributed by atoms with Crippen molar-refractivity contribution in [2.24, 2.45) is 0 Å². The summed E-state index contributed by atoms with van der Waals surface area (Å²) in [5.41, 5.74) is 1.80. The molecule has 8 nitrogen and oxygen atoms in total. The number of halogens is 3. The molecule has 0 aliphatic carbocycles. The first-order valence-electron chi connectivity index (χ1n) is 13.3. The van der Waals surface area contributed by atoms with Crippen molar-refractivity contribution in [1.82, 2.24) is 5.32 Å². The topological polar surface area (TPSA) is 109 Å². The average molecular weight is 570 g/mol. The Labute approximate surface area is 234 Å². The highest BCUT2D eigenvalue weighted by Crippen LogP contribution is 2.47. The van der Waals surface area contributed by atoms with E-state index < -0.39 is 36.1 Å². The maximum atomic E-state index is 12.8. The zero-order valence-electron chi connectivity index (χ0n) is 22.0. The predicted octanol–water partition coefficient (Wildman–Crippen LogP) is 5.09.